The predicted octanol–water partition coefficient (Wildman–Crippen LogP) is 1.12. The van der Waals surface area contributed by atoms with E-state index in [-0.39, 0.29) is 0 Å². The molecule has 6 heteroatoms. The van der Waals surface area contributed by atoms with Crippen molar-refractivity contribution in [2.75, 3.05) is 0 Å². The Morgan fingerprint density at radius 3 is 2.30 bits per heavy atom. The molecule has 1 heterocycles. The highest BCUT2D eigenvalue weighted by atomic mass is 35.5. The minimum Gasteiger partial charge on any atom is -0.208 e. The van der Waals surface area contributed by atoms with Crippen molar-refractivity contribution in [3.05, 3.63) is 12.3 Å². The molecular formula is C4H3ClF3N2. The van der Waals surface area contributed by atoms with E-state index >= 15 is 0 Å². The molecule has 0 spiro atoms. The van der Waals surface area contributed by atoms with Gasteiger partial charge in [-0.2, -0.15) is 18.6 Å². The van der Waals surface area contributed by atoms with Gasteiger partial charge in [0.1, 0.15) is 0 Å². The molecule has 0 saturated carbocycles. The van der Waals surface area contributed by atoms with Gasteiger partial charge in [-0.15, -0.1) is 0 Å². The Hall–Kier alpha value is -0.420. The lowest BCUT2D eigenvalue weighted by atomic mass is 10.3. The molecule has 2 nitrogen and oxygen atoms in total. The summed E-state index contributed by atoms with van der Waals surface area (Å²) in [6.07, 6.45) is -2.79. The smallest absolute Gasteiger partial charge is 0.208 e. The number of rotatable bonds is 0. The van der Waals surface area contributed by atoms with Gasteiger partial charge in [-0.05, 0) is 6.08 Å². The van der Waals surface area contributed by atoms with Crippen LogP contribution >= 0.6 is 11.6 Å². The molecule has 1 unspecified atom stereocenters. The van der Waals surface area contributed by atoms with Gasteiger partial charge in [0.25, 0.3) is 0 Å². The Morgan fingerprint density at radius 2 is 2.10 bits per heavy atom. The van der Waals surface area contributed by atoms with E-state index in [0.29, 0.717) is 0 Å². The minimum absolute atomic E-state index is 0.745. The summed E-state index contributed by atoms with van der Waals surface area (Å²) >= 11 is 5.03. The summed E-state index contributed by atoms with van der Waals surface area (Å²) in [4.78, 5) is -2.49. The van der Waals surface area contributed by atoms with Gasteiger partial charge in [-0.1, -0.05) is 11.6 Å². The maximum Gasteiger partial charge on any atom is 0.426 e. The van der Waals surface area contributed by atoms with Crippen molar-refractivity contribution in [1.29, 1.82) is 0 Å². The van der Waals surface area contributed by atoms with Crippen LogP contribution in [0.5, 0.6) is 0 Å². The molecule has 0 aromatic heterocycles. The van der Waals surface area contributed by atoms with Crippen molar-refractivity contribution in [1.82, 2.24) is 10.9 Å². The Bertz CT molecular complexity index is 166. The lowest BCUT2D eigenvalue weighted by molar-refractivity contribution is -0.157. The fourth-order valence-corrected chi connectivity index (χ4v) is 0.571. The lowest BCUT2D eigenvalue weighted by Gasteiger charge is -2.21. The fourth-order valence-electron chi connectivity index (χ4n) is 0.466. The molecule has 0 aromatic rings. The molecule has 1 rings (SSSR count). The van der Waals surface area contributed by atoms with E-state index in [4.69, 9.17) is 11.6 Å². The number of alkyl halides is 4. The third kappa shape index (κ3) is 1.06. The molecular weight excluding hydrogens is 169 g/mol. The number of hydrogen-bond donors (Lipinski definition) is 1. The number of halogens is 4. The first kappa shape index (κ1) is 7.68. The van der Waals surface area contributed by atoms with Gasteiger partial charge in [-0.3, -0.25) is 0 Å². The van der Waals surface area contributed by atoms with Crippen LogP contribution in [-0.2, 0) is 0 Å². The van der Waals surface area contributed by atoms with Crippen molar-refractivity contribution in [2.24, 2.45) is 0 Å². The second-order valence-electron chi connectivity index (χ2n) is 1.77. The van der Waals surface area contributed by atoms with E-state index in [1.54, 1.807) is 5.43 Å². The maximum absolute atomic E-state index is 11.8. The zero-order chi connectivity index (χ0) is 7.83. The summed E-state index contributed by atoms with van der Waals surface area (Å²) in [5, 5.41) is 0. The Labute approximate surface area is 60.0 Å². The summed E-state index contributed by atoms with van der Waals surface area (Å²) in [6.45, 7) is 0. The van der Waals surface area contributed by atoms with Gasteiger partial charge < -0.3 is 0 Å². The van der Waals surface area contributed by atoms with E-state index in [1.165, 1.54) is 0 Å². The summed E-state index contributed by atoms with van der Waals surface area (Å²) in [5.74, 6) is 0. The molecule has 1 atom stereocenters. The van der Waals surface area contributed by atoms with Crippen LogP contribution in [0.3, 0.4) is 0 Å². The molecule has 0 fully saturated rings. The van der Waals surface area contributed by atoms with Crippen molar-refractivity contribution in [2.45, 2.75) is 11.2 Å². The maximum atomic E-state index is 11.8. The zero-order valence-electron chi connectivity index (χ0n) is 4.61. The van der Waals surface area contributed by atoms with Crippen LogP contribution in [0.2, 0.25) is 0 Å². The SMILES string of the molecule is FC(F)(F)C1(Cl)C=C[N]N1. The summed E-state index contributed by atoms with van der Waals surface area (Å²) in [7, 11) is 0. The second-order valence-corrected chi connectivity index (χ2v) is 2.36. The van der Waals surface area contributed by atoms with Crippen LogP contribution in [0.25, 0.3) is 0 Å². The summed E-state index contributed by atoms with van der Waals surface area (Å²) in [5.41, 5.74) is 4.85. The monoisotopic (exact) mass is 171 g/mol. The third-order valence-corrected chi connectivity index (χ3v) is 1.44. The highest BCUT2D eigenvalue weighted by Gasteiger charge is 2.54. The summed E-state index contributed by atoms with van der Waals surface area (Å²) < 4.78 is 35.5. The molecule has 0 saturated heterocycles. The average molecular weight is 172 g/mol. The highest BCUT2D eigenvalue weighted by molar-refractivity contribution is 6.25. The fraction of sp³-hybridized carbons (Fsp3) is 0.500. The standard InChI is InChI=1S/C4H3ClF3N2/c5-3(4(6,7)8)1-2-9-10-3/h1-2,10H. The Balaban J connectivity index is 2.78. The van der Waals surface area contributed by atoms with E-state index in [9.17, 15) is 13.2 Å². The molecule has 10 heavy (non-hydrogen) atoms. The largest absolute Gasteiger partial charge is 0.426 e. The quantitative estimate of drug-likeness (QED) is 0.429. The first-order valence-electron chi connectivity index (χ1n) is 2.36. The van der Waals surface area contributed by atoms with Gasteiger partial charge in [0.15, 0.2) is 0 Å². The molecule has 57 valence electrons. The van der Waals surface area contributed by atoms with Crippen molar-refractivity contribution in [3.63, 3.8) is 0 Å². The van der Waals surface area contributed by atoms with E-state index < -0.39 is 11.2 Å². The van der Waals surface area contributed by atoms with Gasteiger partial charge >= 0.3 is 6.18 Å². The third-order valence-electron chi connectivity index (χ3n) is 1.02. The Kier molecular flexibility index (Phi) is 1.56. The number of nitrogens with one attached hydrogen (secondary N) is 1. The molecule has 0 bridgehead atoms. The predicted molar refractivity (Wildman–Crippen MR) is 29.0 cm³/mol. The van der Waals surface area contributed by atoms with Gasteiger partial charge in [0.05, 0.1) is 0 Å². The average Bonchev–Trinajstić information content (AvgIpc) is 2.13. The molecule has 0 amide bonds. The number of nitrogens with zero attached hydrogens (tertiary/aromatic N) is 1. The molecule has 1 N–H and O–H groups in total. The van der Waals surface area contributed by atoms with E-state index in [1.807, 2.05) is 0 Å². The topological polar surface area (TPSA) is 26.1 Å². The van der Waals surface area contributed by atoms with Gasteiger partial charge in [0, 0.05) is 6.20 Å². The van der Waals surface area contributed by atoms with Crippen molar-refractivity contribution < 1.29 is 13.2 Å². The van der Waals surface area contributed by atoms with Crippen LogP contribution in [0.1, 0.15) is 0 Å². The minimum atomic E-state index is -4.51. The van der Waals surface area contributed by atoms with Crippen LogP contribution in [0.15, 0.2) is 12.3 Å². The second kappa shape index (κ2) is 2.03. The summed E-state index contributed by atoms with van der Waals surface area (Å²) in [6, 6.07) is 0. The molecule has 0 aliphatic carbocycles. The molecule has 1 aliphatic heterocycles. The lowest BCUT2D eigenvalue weighted by Crippen LogP contribution is -2.49. The highest BCUT2D eigenvalue weighted by Crippen LogP contribution is 2.36. The van der Waals surface area contributed by atoms with Crippen LogP contribution in [-0.4, -0.2) is 11.2 Å². The van der Waals surface area contributed by atoms with Crippen LogP contribution in [0, 0.1) is 0 Å². The zero-order valence-corrected chi connectivity index (χ0v) is 5.37. The van der Waals surface area contributed by atoms with E-state index in [0.717, 1.165) is 12.3 Å². The van der Waals surface area contributed by atoms with Crippen molar-refractivity contribution >= 4 is 11.6 Å². The van der Waals surface area contributed by atoms with Crippen LogP contribution in [0.4, 0.5) is 13.2 Å². The van der Waals surface area contributed by atoms with Gasteiger partial charge in [0.2, 0.25) is 5.00 Å². The first-order chi connectivity index (χ1) is 4.46. The first-order valence-corrected chi connectivity index (χ1v) is 2.74. The normalized spacial score (nSPS) is 32.4. The Morgan fingerprint density at radius 1 is 1.50 bits per heavy atom. The van der Waals surface area contributed by atoms with Crippen molar-refractivity contribution in [3.8, 4) is 0 Å². The molecule has 0 aromatic carbocycles. The van der Waals surface area contributed by atoms with E-state index in [2.05, 4.69) is 5.43 Å². The van der Waals surface area contributed by atoms with Crippen LogP contribution < -0.4 is 10.9 Å². The van der Waals surface area contributed by atoms with Gasteiger partial charge in [-0.25, -0.2) is 5.43 Å². The molecule has 1 radical (unpaired) electrons. The number of hydrogen-bond acceptors (Lipinski definition) is 1. The molecule has 1 aliphatic rings.